The van der Waals surface area contributed by atoms with Gasteiger partial charge < -0.3 is 10.6 Å². The van der Waals surface area contributed by atoms with Gasteiger partial charge in [-0.3, -0.25) is 9.59 Å². The Bertz CT molecular complexity index is 655. The summed E-state index contributed by atoms with van der Waals surface area (Å²) in [6.45, 7) is 2.64. The summed E-state index contributed by atoms with van der Waals surface area (Å²) < 4.78 is 1.06. The van der Waals surface area contributed by atoms with Gasteiger partial charge in [-0.2, -0.15) is 0 Å². The Morgan fingerprint density at radius 1 is 1.19 bits per heavy atom. The molecule has 0 bridgehead atoms. The number of carbonyl (C=O) groups excluding carboxylic acids is 2. The molecule has 21 heavy (non-hydrogen) atoms. The minimum Gasteiger partial charge on any atom is -0.352 e. The van der Waals surface area contributed by atoms with Gasteiger partial charge in [0.1, 0.15) is 0 Å². The maximum Gasteiger partial charge on any atom is 0.256 e. The summed E-state index contributed by atoms with van der Waals surface area (Å²) in [5.74, 6) is -0.293. The molecule has 1 aromatic heterocycles. The molecule has 2 aromatic rings. The van der Waals surface area contributed by atoms with Crippen LogP contribution in [0.15, 0.2) is 35.7 Å². The maximum atomic E-state index is 12.1. The maximum absolute atomic E-state index is 12.1. The Hall–Kier alpha value is -1.41. The first-order chi connectivity index (χ1) is 10.1. The molecule has 110 valence electrons. The van der Waals surface area contributed by atoms with Crippen LogP contribution in [-0.4, -0.2) is 18.4 Å². The molecule has 2 amide bonds. The molecule has 0 unspecified atom stereocenters. The minimum atomic E-state index is -0.166. The van der Waals surface area contributed by atoms with E-state index < -0.39 is 0 Å². The van der Waals surface area contributed by atoms with Crippen molar-refractivity contribution in [2.75, 3.05) is 11.9 Å². The lowest BCUT2D eigenvalue weighted by Crippen LogP contribution is -2.24. The molecule has 0 spiro atoms. The van der Waals surface area contributed by atoms with Crippen LogP contribution in [0.3, 0.4) is 0 Å². The minimum absolute atomic E-state index is 0.127. The van der Waals surface area contributed by atoms with E-state index in [1.807, 2.05) is 18.4 Å². The lowest BCUT2D eigenvalue weighted by Gasteiger charge is -2.07. The van der Waals surface area contributed by atoms with Crippen molar-refractivity contribution in [2.45, 2.75) is 13.3 Å². The molecule has 0 aliphatic carbocycles. The van der Waals surface area contributed by atoms with Gasteiger partial charge in [-0.05, 0) is 53.3 Å². The van der Waals surface area contributed by atoms with E-state index in [9.17, 15) is 9.59 Å². The average molecular weight is 414 g/mol. The molecule has 0 aliphatic heterocycles. The van der Waals surface area contributed by atoms with Crippen LogP contribution >= 0.6 is 33.9 Å². The summed E-state index contributed by atoms with van der Waals surface area (Å²) in [5, 5.41) is 7.43. The second kappa shape index (κ2) is 7.56. The quantitative estimate of drug-likeness (QED) is 0.733. The summed E-state index contributed by atoms with van der Waals surface area (Å²) >= 11 is 3.70. The van der Waals surface area contributed by atoms with Crippen LogP contribution in [0.25, 0.3) is 0 Å². The number of carbonyl (C=O) groups is 2. The molecule has 0 radical (unpaired) electrons. The highest BCUT2D eigenvalue weighted by Crippen LogP contribution is 2.18. The van der Waals surface area contributed by atoms with Crippen molar-refractivity contribution in [2.24, 2.45) is 0 Å². The molecule has 1 heterocycles. The van der Waals surface area contributed by atoms with E-state index in [0.717, 1.165) is 9.30 Å². The number of rotatable bonds is 5. The van der Waals surface area contributed by atoms with Crippen molar-refractivity contribution >= 4 is 51.4 Å². The fourth-order valence-electron chi connectivity index (χ4n) is 1.71. The van der Waals surface area contributed by atoms with Gasteiger partial charge in [-0.25, -0.2) is 0 Å². The molecule has 0 atom stereocenters. The van der Waals surface area contributed by atoms with E-state index >= 15 is 0 Å². The fourth-order valence-corrected chi connectivity index (χ4v) is 3.04. The van der Waals surface area contributed by atoms with E-state index in [-0.39, 0.29) is 11.8 Å². The SMILES string of the molecule is CCCNC(=O)c1cccc(NC(=O)c2csc(I)c2)c1. The van der Waals surface area contributed by atoms with Crippen LogP contribution in [0.1, 0.15) is 34.1 Å². The monoisotopic (exact) mass is 414 g/mol. The van der Waals surface area contributed by atoms with Crippen LogP contribution in [-0.2, 0) is 0 Å². The van der Waals surface area contributed by atoms with Gasteiger partial charge in [-0.1, -0.05) is 13.0 Å². The molecule has 6 heteroatoms. The van der Waals surface area contributed by atoms with Crippen molar-refractivity contribution in [3.8, 4) is 0 Å². The smallest absolute Gasteiger partial charge is 0.256 e. The average Bonchev–Trinajstić information content (AvgIpc) is 2.91. The number of thiophene rings is 1. The van der Waals surface area contributed by atoms with E-state index in [2.05, 4.69) is 33.2 Å². The normalized spacial score (nSPS) is 10.2. The third-order valence-corrected chi connectivity index (χ3v) is 4.54. The number of halogens is 1. The topological polar surface area (TPSA) is 58.2 Å². The van der Waals surface area contributed by atoms with Gasteiger partial charge in [0.25, 0.3) is 11.8 Å². The van der Waals surface area contributed by atoms with E-state index in [0.29, 0.717) is 23.4 Å². The second-order valence-electron chi connectivity index (χ2n) is 4.43. The standard InChI is InChI=1S/C15H15IN2O2S/c1-2-6-17-14(19)10-4-3-5-12(7-10)18-15(20)11-8-13(16)21-9-11/h3-5,7-9H,2,6H2,1H3,(H,17,19)(H,18,20). The molecule has 2 N–H and O–H groups in total. The van der Waals surface area contributed by atoms with Crippen molar-refractivity contribution in [1.29, 1.82) is 0 Å². The number of benzene rings is 1. The van der Waals surface area contributed by atoms with Crippen molar-refractivity contribution in [3.63, 3.8) is 0 Å². The first kappa shape index (κ1) is 16.0. The third kappa shape index (κ3) is 4.53. The summed E-state index contributed by atoms with van der Waals surface area (Å²) in [6.07, 6.45) is 0.888. The van der Waals surface area contributed by atoms with Gasteiger partial charge in [0.15, 0.2) is 0 Å². The summed E-state index contributed by atoms with van der Waals surface area (Å²) in [7, 11) is 0. The Morgan fingerprint density at radius 3 is 2.67 bits per heavy atom. The highest BCUT2D eigenvalue weighted by Gasteiger charge is 2.10. The van der Waals surface area contributed by atoms with Crippen molar-refractivity contribution < 1.29 is 9.59 Å². The zero-order valence-corrected chi connectivity index (χ0v) is 14.5. The number of hydrogen-bond acceptors (Lipinski definition) is 3. The predicted octanol–water partition coefficient (Wildman–Crippen LogP) is 3.74. The lowest BCUT2D eigenvalue weighted by atomic mass is 10.2. The number of amides is 2. The largest absolute Gasteiger partial charge is 0.352 e. The van der Waals surface area contributed by atoms with Crippen LogP contribution in [0, 0.1) is 2.88 Å². The molecule has 0 fully saturated rings. The number of anilines is 1. The summed E-state index contributed by atoms with van der Waals surface area (Å²) in [5.41, 5.74) is 1.79. The second-order valence-corrected chi connectivity index (χ2v) is 7.24. The molecule has 4 nitrogen and oxygen atoms in total. The van der Waals surface area contributed by atoms with Crippen molar-refractivity contribution in [3.05, 3.63) is 49.7 Å². The van der Waals surface area contributed by atoms with Gasteiger partial charge in [-0.15, -0.1) is 11.3 Å². The number of hydrogen-bond donors (Lipinski definition) is 2. The Morgan fingerprint density at radius 2 is 2.00 bits per heavy atom. The summed E-state index contributed by atoms with van der Waals surface area (Å²) in [4.78, 5) is 24.0. The van der Waals surface area contributed by atoms with Crippen LogP contribution in [0.2, 0.25) is 0 Å². The van der Waals surface area contributed by atoms with Crippen LogP contribution in [0.4, 0.5) is 5.69 Å². The van der Waals surface area contributed by atoms with E-state index in [1.165, 1.54) is 11.3 Å². The highest BCUT2D eigenvalue weighted by atomic mass is 127. The zero-order chi connectivity index (χ0) is 15.2. The van der Waals surface area contributed by atoms with Gasteiger partial charge in [0.05, 0.1) is 8.45 Å². The predicted molar refractivity (Wildman–Crippen MR) is 94.1 cm³/mol. The molecule has 1 aromatic carbocycles. The highest BCUT2D eigenvalue weighted by molar-refractivity contribution is 14.1. The van der Waals surface area contributed by atoms with Gasteiger partial charge in [0, 0.05) is 23.2 Å². The molecule has 0 saturated heterocycles. The van der Waals surface area contributed by atoms with Gasteiger partial charge >= 0.3 is 0 Å². The van der Waals surface area contributed by atoms with E-state index in [1.54, 1.807) is 24.3 Å². The van der Waals surface area contributed by atoms with Crippen LogP contribution < -0.4 is 10.6 Å². The van der Waals surface area contributed by atoms with Gasteiger partial charge in [0.2, 0.25) is 0 Å². The molecule has 0 saturated carbocycles. The van der Waals surface area contributed by atoms with Crippen molar-refractivity contribution in [1.82, 2.24) is 5.32 Å². The lowest BCUT2D eigenvalue weighted by molar-refractivity contribution is 0.0952. The third-order valence-electron chi connectivity index (χ3n) is 2.75. The first-order valence-electron chi connectivity index (χ1n) is 6.54. The Labute approximate surface area is 141 Å². The van der Waals surface area contributed by atoms with Crippen LogP contribution in [0.5, 0.6) is 0 Å². The fraction of sp³-hybridized carbons (Fsp3) is 0.200. The Balaban J connectivity index is 2.07. The Kier molecular flexibility index (Phi) is 5.75. The molecular weight excluding hydrogens is 399 g/mol. The molecule has 0 aliphatic rings. The first-order valence-corrected chi connectivity index (χ1v) is 8.49. The number of nitrogens with one attached hydrogen (secondary N) is 2. The summed E-state index contributed by atoms with van der Waals surface area (Å²) in [6, 6.07) is 8.77. The van der Waals surface area contributed by atoms with E-state index in [4.69, 9.17) is 0 Å². The molecular formula is C15H15IN2O2S. The molecule has 2 rings (SSSR count). The zero-order valence-electron chi connectivity index (χ0n) is 11.5.